The third kappa shape index (κ3) is 4.28. The summed E-state index contributed by atoms with van der Waals surface area (Å²) in [4.78, 5) is 0. The van der Waals surface area contributed by atoms with Crippen LogP contribution in [0.5, 0.6) is 5.75 Å². The Labute approximate surface area is 129 Å². The number of hydrogen-bond donors (Lipinski definition) is 1. The highest BCUT2D eigenvalue weighted by Crippen LogP contribution is 2.27. The summed E-state index contributed by atoms with van der Waals surface area (Å²) in [6.45, 7) is 4.66. The Kier molecular flexibility index (Phi) is 4.93. The van der Waals surface area contributed by atoms with Crippen LogP contribution in [0.25, 0.3) is 0 Å². The summed E-state index contributed by atoms with van der Waals surface area (Å²) in [5.74, 6) is 1.74. The molecule has 2 rings (SSSR count). The summed E-state index contributed by atoms with van der Waals surface area (Å²) in [7, 11) is 0. The van der Waals surface area contributed by atoms with Gasteiger partial charge in [0.15, 0.2) is 4.67 Å². The van der Waals surface area contributed by atoms with Crippen LogP contribution in [0.3, 0.4) is 0 Å². The summed E-state index contributed by atoms with van der Waals surface area (Å²) in [5.41, 5.74) is 1.03. The minimum atomic E-state index is 0.191. The lowest BCUT2D eigenvalue weighted by molar-refractivity contribution is 0.242. The first kappa shape index (κ1) is 14.5. The molecule has 19 heavy (non-hydrogen) atoms. The smallest absolute Gasteiger partial charge is 0.183 e. The maximum atomic E-state index is 5.59. The standard InChI is InChI=1S/C14H15Br2NO2/c1-9(2)18-11-5-3-10(4-6-11)17-8-12-7-13(15)14(16)19-12/h3-7,9,17H,8H2,1-2H3. The summed E-state index contributed by atoms with van der Waals surface area (Å²) in [6.07, 6.45) is 0.191. The lowest BCUT2D eigenvalue weighted by atomic mass is 10.3. The average Bonchev–Trinajstić information content (AvgIpc) is 2.67. The van der Waals surface area contributed by atoms with E-state index in [4.69, 9.17) is 9.15 Å². The van der Waals surface area contributed by atoms with Crippen molar-refractivity contribution < 1.29 is 9.15 Å². The number of rotatable bonds is 5. The van der Waals surface area contributed by atoms with Gasteiger partial charge in [0.25, 0.3) is 0 Å². The SMILES string of the molecule is CC(C)Oc1ccc(NCc2cc(Br)c(Br)o2)cc1. The summed E-state index contributed by atoms with van der Waals surface area (Å²) in [5, 5.41) is 3.29. The van der Waals surface area contributed by atoms with Crippen molar-refractivity contribution in [3.8, 4) is 5.75 Å². The van der Waals surface area contributed by atoms with Crippen molar-refractivity contribution in [2.24, 2.45) is 0 Å². The van der Waals surface area contributed by atoms with Gasteiger partial charge >= 0.3 is 0 Å². The number of benzene rings is 1. The van der Waals surface area contributed by atoms with Gasteiger partial charge < -0.3 is 14.5 Å². The molecule has 0 aliphatic heterocycles. The molecule has 0 spiro atoms. The van der Waals surface area contributed by atoms with Crippen molar-refractivity contribution >= 4 is 37.5 Å². The Morgan fingerprint density at radius 1 is 1.21 bits per heavy atom. The van der Waals surface area contributed by atoms with Gasteiger partial charge in [-0.05, 0) is 76.0 Å². The maximum Gasteiger partial charge on any atom is 0.183 e. The minimum Gasteiger partial charge on any atom is -0.491 e. The lowest BCUT2D eigenvalue weighted by Gasteiger charge is -2.10. The predicted molar refractivity (Wildman–Crippen MR) is 83.6 cm³/mol. The first-order chi connectivity index (χ1) is 9.04. The topological polar surface area (TPSA) is 34.4 Å². The van der Waals surface area contributed by atoms with Crippen molar-refractivity contribution in [3.05, 3.63) is 45.2 Å². The Hall–Kier alpha value is -0.940. The normalized spacial score (nSPS) is 10.8. The molecule has 1 aromatic carbocycles. The molecule has 1 heterocycles. The van der Waals surface area contributed by atoms with Gasteiger partial charge in [0, 0.05) is 5.69 Å². The van der Waals surface area contributed by atoms with E-state index in [-0.39, 0.29) is 6.10 Å². The monoisotopic (exact) mass is 387 g/mol. The molecule has 102 valence electrons. The van der Waals surface area contributed by atoms with Gasteiger partial charge in [0.1, 0.15) is 11.5 Å². The molecule has 0 bridgehead atoms. The van der Waals surface area contributed by atoms with Gasteiger partial charge in [-0.1, -0.05) is 0 Å². The Morgan fingerprint density at radius 2 is 1.89 bits per heavy atom. The van der Waals surface area contributed by atoms with Crippen LogP contribution in [0.1, 0.15) is 19.6 Å². The number of hydrogen-bond acceptors (Lipinski definition) is 3. The Bertz CT molecular complexity index is 515. The number of furan rings is 1. The molecule has 1 aromatic heterocycles. The fraction of sp³-hybridized carbons (Fsp3) is 0.286. The van der Waals surface area contributed by atoms with Crippen LogP contribution < -0.4 is 10.1 Å². The van der Waals surface area contributed by atoms with Crippen molar-refractivity contribution in [2.45, 2.75) is 26.5 Å². The second kappa shape index (κ2) is 6.48. The van der Waals surface area contributed by atoms with E-state index in [9.17, 15) is 0 Å². The molecule has 0 aliphatic rings. The van der Waals surface area contributed by atoms with Crippen LogP contribution in [-0.4, -0.2) is 6.10 Å². The number of halogens is 2. The van der Waals surface area contributed by atoms with E-state index in [1.54, 1.807) is 0 Å². The van der Waals surface area contributed by atoms with Gasteiger partial charge in [-0.3, -0.25) is 0 Å². The first-order valence-electron chi connectivity index (χ1n) is 5.99. The zero-order valence-corrected chi connectivity index (χ0v) is 13.9. The molecule has 0 aliphatic carbocycles. The molecule has 0 fully saturated rings. The average molecular weight is 389 g/mol. The van der Waals surface area contributed by atoms with Crippen LogP contribution >= 0.6 is 31.9 Å². The Balaban J connectivity index is 1.92. The molecule has 0 atom stereocenters. The van der Waals surface area contributed by atoms with Crippen LogP contribution in [0.2, 0.25) is 0 Å². The Morgan fingerprint density at radius 3 is 2.42 bits per heavy atom. The molecular formula is C14H15Br2NO2. The highest BCUT2D eigenvalue weighted by atomic mass is 79.9. The maximum absolute atomic E-state index is 5.59. The van der Waals surface area contributed by atoms with Crippen LogP contribution in [-0.2, 0) is 6.54 Å². The summed E-state index contributed by atoms with van der Waals surface area (Å²) < 4.78 is 12.7. The van der Waals surface area contributed by atoms with Gasteiger partial charge in [-0.2, -0.15) is 0 Å². The minimum absolute atomic E-state index is 0.191. The number of anilines is 1. The van der Waals surface area contributed by atoms with Gasteiger partial charge in [-0.15, -0.1) is 0 Å². The third-order valence-electron chi connectivity index (χ3n) is 2.39. The van der Waals surface area contributed by atoms with E-state index in [2.05, 4.69) is 37.2 Å². The second-order valence-corrected chi connectivity index (χ2v) is 5.95. The van der Waals surface area contributed by atoms with E-state index >= 15 is 0 Å². The molecule has 0 amide bonds. The third-order valence-corrected chi connectivity index (χ3v) is 4.10. The van der Waals surface area contributed by atoms with Crippen molar-refractivity contribution in [3.63, 3.8) is 0 Å². The molecular weight excluding hydrogens is 374 g/mol. The first-order valence-corrected chi connectivity index (χ1v) is 7.57. The number of nitrogens with one attached hydrogen (secondary N) is 1. The molecule has 1 N–H and O–H groups in total. The van der Waals surface area contributed by atoms with E-state index in [1.807, 2.05) is 44.2 Å². The van der Waals surface area contributed by atoms with E-state index in [0.29, 0.717) is 11.2 Å². The van der Waals surface area contributed by atoms with Crippen molar-refractivity contribution in [1.82, 2.24) is 0 Å². The summed E-state index contributed by atoms with van der Waals surface area (Å²) >= 11 is 6.71. The number of ether oxygens (including phenoxy) is 1. The molecule has 5 heteroatoms. The fourth-order valence-electron chi connectivity index (χ4n) is 1.59. The fourth-order valence-corrected chi connectivity index (χ4v) is 2.25. The summed E-state index contributed by atoms with van der Waals surface area (Å²) in [6, 6.07) is 9.83. The lowest BCUT2D eigenvalue weighted by Crippen LogP contribution is -2.05. The highest BCUT2D eigenvalue weighted by Gasteiger charge is 2.05. The molecule has 0 radical (unpaired) electrons. The molecule has 2 aromatic rings. The van der Waals surface area contributed by atoms with E-state index in [0.717, 1.165) is 21.7 Å². The molecule has 0 saturated heterocycles. The largest absolute Gasteiger partial charge is 0.491 e. The second-order valence-electron chi connectivity index (χ2n) is 4.38. The van der Waals surface area contributed by atoms with Crippen molar-refractivity contribution in [1.29, 1.82) is 0 Å². The molecule has 3 nitrogen and oxygen atoms in total. The zero-order valence-electron chi connectivity index (χ0n) is 10.7. The predicted octanol–water partition coefficient (Wildman–Crippen LogP) is 5.20. The van der Waals surface area contributed by atoms with Gasteiger partial charge in [0.2, 0.25) is 0 Å². The van der Waals surface area contributed by atoms with Crippen molar-refractivity contribution in [2.75, 3.05) is 5.32 Å². The van der Waals surface area contributed by atoms with Crippen LogP contribution in [0.15, 0.2) is 43.9 Å². The zero-order chi connectivity index (χ0) is 13.8. The van der Waals surface area contributed by atoms with Crippen LogP contribution in [0, 0.1) is 0 Å². The molecule has 0 saturated carbocycles. The van der Waals surface area contributed by atoms with Crippen LogP contribution in [0.4, 0.5) is 5.69 Å². The van der Waals surface area contributed by atoms with Gasteiger partial charge in [-0.25, -0.2) is 0 Å². The van der Waals surface area contributed by atoms with E-state index in [1.165, 1.54) is 0 Å². The quantitative estimate of drug-likeness (QED) is 0.763. The molecule has 0 unspecified atom stereocenters. The van der Waals surface area contributed by atoms with E-state index < -0.39 is 0 Å². The van der Waals surface area contributed by atoms with Gasteiger partial charge in [0.05, 0.1) is 17.1 Å². The highest BCUT2D eigenvalue weighted by molar-refractivity contribution is 9.13.